The molecule has 1 amide bonds. The van der Waals surface area contributed by atoms with Gasteiger partial charge in [0.25, 0.3) is 5.91 Å². The van der Waals surface area contributed by atoms with Crippen LogP contribution in [0.15, 0.2) is 35.2 Å². The Bertz CT molecular complexity index is 836. The molecule has 1 aliphatic heterocycles. The molecule has 148 valence electrons. The molecule has 0 saturated carbocycles. The number of benzene rings is 1. The molecular formula is C17H20ClFN2O5S. The fourth-order valence-corrected chi connectivity index (χ4v) is 4.14. The highest BCUT2D eigenvalue weighted by Gasteiger charge is 2.30. The van der Waals surface area contributed by atoms with E-state index in [0.29, 0.717) is 6.42 Å². The Hall–Kier alpha value is -1.97. The molecule has 1 heterocycles. The zero-order valence-electron chi connectivity index (χ0n) is 14.7. The molecule has 0 unspecified atom stereocenters. The van der Waals surface area contributed by atoms with Crippen molar-refractivity contribution < 1.29 is 27.1 Å². The first-order chi connectivity index (χ1) is 12.8. The van der Waals surface area contributed by atoms with Crippen molar-refractivity contribution in [3.8, 4) is 0 Å². The summed E-state index contributed by atoms with van der Waals surface area (Å²) in [5.41, 5.74) is 0. The Morgan fingerprint density at radius 2 is 1.93 bits per heavy atom. The molecule has 1 aromatic rings. The summed E-state index contributed by atoms with van der Waals surface area (Å²) < 4.78 is 44.5. The van der Waals surface area contributed by atoms with E-state index in [0.717, 1.165) is 18.2 Å². The largest absolute Gasteiger partial charge is 0.452 e. The van der Waals surface area contributed by atoms with Gasteiger partial charge < -0.3 is 9.64 Å². The van der Waals surface area contributed by atoms with E-state index in [4.69, 9.17) is 16.3 Å². The van der Waals surface area contributed by atoms with Crippen LogP contribution in [0.3, 0.4) is 0 Å². The van der Waals surface area contributed by atoms with Gasteiger partial charge in [-0.2, -0.15) is 4.31 Å². The third-order valence-electron chi connectivity index (χ3n) is 3.95. The predicted octanol–water partition coefficient (Wildman–Crippen LogP) is 1.82. The van der Waals surface area contributed by atoms with Crippen molar-refractivity contribution in [3.63, 3.8) is 0 Å². The van der Waals surface area contributed by atoms with E-state index in [2.05, 4.69) is 0 Å². The normalized spacial score (nSPS) is 15.9. The van der Waals surface area contributed by atoms with Crippen LogP contribution in [0.2, 0.25) is 5.02 Å². The van der Waals surface area contributed by atoms with Crippen LogP contribution in [0.1, 0.15) is 13.3 Å². The zero-order chi connectivity index (χ0) is 20.0. The molecule has 2 rings (SSSR count). The highest BCUT2D eigenvalue weighted by atomic mass is 35.5. The van der Waals surface area contributed by atoms with Gasteiger partial charge in [-0.05, 0) is 24.6 Å². The fourth-order valence-electron chi connectivity index (χ4n) is 2.45. The van der Waals surface area contributed by atoms with Crippen LogP contribution in [0.5, 0.6) is 0 Å². The van der Waals surface area contributed by atoms with Crippen LogP contribution >= 0.6 is 11.6 Å². The summed E-state index contributed by atoms with van der Waals surface area (Å²) in [4.78, 5) is 24.8. The topological polar surface area (TPSA) is 84.0 Å². The second-order valence-electron chi connectivity index (χ2n) is 5.78. The molecule has 1 aromatic carbocycles. The van der Waals surface area contributed by atoms with Gasteiger partial charge in [-0.15, -0.1) is 0 Å². The van der Waals surface area contributed by atoms with E-state index in [1.165, 1.54) is 15.3 Å². The maximum atomic E-state index is 13.2. The number of allylic oxidation sites excluding steroid dienone is 1. The lowest BCUT2D eigenvalue weighted by Gasteiger charge is -2.33. The van der Waals surface area contributed by atoms with Crippen LogP contribution < -0.4 is 0 Å². The van der Waals surface area contributed by atoms with E-state index in [1.807, 2.05) is 6.92 Å². The van der Waals surface area contributed by atoms with Gasteiger partial charge in [0.1, 0.15) is 5.82 Å². The first-order valence-corrected chi connectivity index (χ1v) is 10.1. The second-order valence-corrected chi connectivity index (χ2v) is 8.12. The molecule has 0 aliphatic carbocycles. The van der Waals surface area contributed by atoms with E-state index < -0.39 is 34.3 Å². The number of ether oxygens (including phenoxy) is 1. The first kappa shape index (κ1) is 21.3. The van der Waals surface area contributed by atoms with Gasteiger partial charge in [0.05, 0.1) is 9.92 Å². The Balaban J connectivity index is 1.92. The van der Waals surface area contributed by atoms with Crippen LogP contribution in [0, 0.1) is 5.82 Å². The van der Waals surface area contributed by atoms with Crippen molar-refractivity contribution >= 4 is 33.5 Å². The summed E-state index contributed by atoms with van der Waals surface area (Å²) in [5, 5.41) is -0.274. The van der Waals surface area contributed by atoms with Gasteiger partial charge in [-0.1, -0.05) is 24.6 Å². The minimum atomic E-state index is -3.84. The number of halogens is 2. The van der Waals surface area contributed by atoms with E-state index in [-0.39, 0.29) is 36.1 Å². The lowest BCUT2D eigenvalue weighted by molar-refractivity contribution is -0.148. The Morgan fingerprint density at radius 3 is 2.52 bits per heavy atom. The predicted molar refractivity (Wildman–Crippen MR) is 97.1 cm³/mol. The highest BCUT2D eigenvalue weighted by molar-refractivity contribution is 7.89. The maximum absolute atomic E-state index is 13.2. The summed E-state index contributed by atoms with van der Waals surface area (Å²) in [5.74, 6) is -1.69. The van der Waals surface area contributed by atoms with E-state index in [9.17, 15) is 22.4 Å². The average molecular weight is 419 g/mol. The molecule has 7 nitrogen and oxygen atoms in total. The number of hydrogen-bond acceptors (Lipinski definition) is 5. The van der Waals surface area contributed by atoms with E-state index >= 15 is 0 Å². The highest BCUT2D eigenvalue weighted by Crippen LogP contribution is 2.23. The van der Waals surface area contributed by atoms with Crippen molar-refractivity contribution in [2.75, 3.05) is 32.8 Å². The Labute approximate surface area is 162 Å². The summed E-state index contributed by atoms with van der Waals surface area (Å²) >= 11 is 5.66. The molecule has 0 bridgehead atoms. The van der Waals surface area contributed by atoms with Gasteiger partial charge in [0.2, 0.25) is 10.0 Å². The van der Waals surface area contributed by atoms with Crippen molar-refractivity contribution in [1.29, 1.82) is 0 Å². The fraction of sp³-hybridized carbons (Fsp3) is 0.412. The van der Waals surface area contributed by atoms with Gasteiger partial charge in [0.15, 0.2) is 6.61 Å². The summed E-state index contributed by atoms with van der Waals surface area (Å²) in [7, 11) is -3.84. The third kappa shape index (κ3) is 5.50. The molecule has 1 aliphatic rings. The van der Waals surface area contributed by atoms with E-state index in [1.54, 1.807) is 6.08 Å². The zero-order valence-corrected chi connectivity index (χ0v) is 16.3. The van der Waals surface area contributed by atoms with Crippen LogP contribution in [0.4, 0.5) is 4.39 Å². The van der Waals surface area contributed by atoms with Gasteiger partial charge in [0, 0.05) is 32.3 Å². The smallest absolute Gasteiger partial charge is 0.330 e. The number of amides is 1. The lowest BCUT2D eigenvalue weighted by Crippen LogP contribution is -2.51. The van der Waals surface area contributed by atoms with Gasteiger partial charge in [-0.25, -0.2) is 17.6 Å². The molecule has 1 fully saturated rings. The van der Waals surface area contributed by atoms with Gasteiger partial charge in [-0.3, -0.25) is 4.79 Å². The minimum absolute atomic E-state index is 0.0761. The number of hydrogen-bond donors (Lipinski definition) is 0. The molecule has 1 saturated heterocycles. The molecule has 0 atom stereocenters. The summed E-state index contributed by atoms with van der Waals surface area (Å²) in [6.07, 6.45) is 3.56. The average Bonchev–Trinajstić information content (AvgIpc) is 2.66. The Morgan fingerprint density at radius 1 is 1.26 bits per heavy atom. The van der Waals surface area contributed by atoms with Crippen molar-refractivity contribution in [1.82, 2.24) is 9.21 Å². The number of nitrogens with zero attached hydrogens (tertiary/aromatic N) is 2. The maximum Gasteiger partial charge on any atom is 0.330 e. The number of esters is 1. The monoisotopic (exact) mass is 418 g/mol. The number of sulfonamides is 1. The third-order valence-corrected chi connectivity index (χ3v) is 6.13. The first-order valence-electron chi connectivity index (χ1n) is 8.32. The molecule has 0 spiro atoms. The molecule has 10 heteroatoms. The summed E-state index contributed by atoms with van der Waals surface area (Å²) in [6.45, 7) is 1.94. The molecule has 0 radical (unpaired) electrons. The Kier molecular flexibility index (Phi) is 7.34. The number of rotatable bonds is 6. The summed E-state index contributed by atoms with van der Waals surface area (Å²) in [6, 6.07) is 3.21. The quantitative estimate of drug-likeness (QED) is 0.519. The van der Waals surface area contributed by atoms with Crippen LogP contribution in [-0.2, 0) is 24.3 Å². The van der Waals surface area contributed by atoms with Crippen LogP contribution in [-0.4, -0.2) is 62.3 Å². The number of piperazine rings is 1. The second kappa shape index (κ2) is 9.29. The number of carbonyl (C=O) groups is 2. The number of carbonyl (C=O) groups excluding carboxylic acids is 2. The minimum Gasteiger partial charge on any atom is -0.452 e. The molecular weight excluding hydrogens is 399 g/mol. The lowest BCUT2D eigenvalue weighted by atomic mass is 10.3. The van der Waals surface area contributed by atoms with Crippen molar-refractivity contribution in [2.24, 2.45) is 0 Å². The van der Waals surface area contributed by atoms with Crippen molar-refractivity contribution in [2.45, 2.75) is 18.2 Å². The standard InChI is InChI=1S/C17H20ClFN2O5S/c1-2-3-4-17(23)26-12-16(22)20-7-9-21(10-8-20)27(24,25)13-5-6-15(19)14(18)11-13/h3-6,11H,2,7-10,12H2,1H3/b4-3+. The molecule has 0 N–H and O–H groups in total. The van der Waals surface area contributed by atoms with Gasteiger partial charge >= 0.3 is 5.97 Å². The SMILES string of the molecule is CC/C=C/C(=O)OCC(=O)N1CCN(S(=O)(=O)c2ccc(F)c(Cl)c2)CC1. The molecule has 0 aromatic heterocycles. The van der Waals surface area contributed by atoms with Crippen molar-refractivity contribution in [3.05, 3.63) is 41.2 Å². The molecule has 27 heavy (non-hydrogen) atoms. The van der Waals surface area contributed by atoms with Crippen LogP contribution in [0.25, 0.3) is 0 Å².